The summed E-state index contributed by atoms with van der Waals surface area (Å²) >= 11 is 0. The molecule has 3 heterocycles. The van der Waals surface area contributed by atoms with E-state index in [-0.39, 0.29) is 0 Å². The fourth-order valence-electron chi connectivity index (χ4n) is 12.7. The molecule has 0 aliphatic carbocycles. The standard InChI is InChI=1S/C78H53N5O/c1-5-20-55(21-6-1)80(64-48-50-75-71(52-64)67-28-13-16-33-73(67)82(75)57-24-9-3-10-25-57)62-44-40-60(41-45-62)79(59-38-36-54(37-39-59)66-31-19-32-70-69-30-15-18-35-77(69)84-78(66)70)61-42-46-63(47-43-61)81(56-22-7-2-8-23-56)65-49-51-76-72(53-65)68-29-14-17-34-74(68)83(76)58-26-11-4-12-27-58/h1-53H. The van der Waals surface area contributed by atoms with Gasteiger partial charge in [-0.25, -0.2) is 0 Å². The zero-order chi connectivity index (χ0) is 55.5. The van der Waals surface area contributed by atoms with Crippen LogP contribution in [0.1, 0.15) is 0 Å². The molecule has 0 unspecified atom stereocenters. The normalized spacial score (nSPS) is 11.6. The minimum Gasteiger partial charge on any atom is -0.455 e. The number of hydrogen-bond donors (Lipinski definition) is 0. The maximum atomic E-state index is 6.54. The van der Waals surface area contributed by atoms with Crippen LogP contribution in [-0.4, -0.2) is 9.13 Å². The van der Waals surface area contributed by atoms with Gasteiger partial charge < -0.3 is 28.3 Å². The Balaban J connectivity index is 0.812. The van der Waals surface area contributed by atoms with E-state index < -0.39 is 0 Å². The number of para-hydroxylation sites is 8. The van der Waals surface area contributed by atoms with Crippen molar-refractivity contribution in [2.45, 2.75) is 0 Å². The molecule has 0 radical (unpaired) electrons. The number of fused-ring (bicyclic) bond motifs is 9. The number of benzene rings is 13. The minimum absolute atomic E-state index is 0.888. The molecule has 0 bridgehead atoms. The predicted octanol–water partition coefficient (Wildman–Crippen LogP) is 21.9. The van der Waals surface area contributed by atoms with Gasteiger partial charge in [-0.05, 0) is 169 Å². The summed E-state index contributed by atoms with van der Waals surface area (Å²) in [7, 11) is 0. The highest BCUT2D eigenvalue weighted by Crippen LogP contribution is 2.45. The van der Waals surface area contributed by atoms with Crippen LogP contribution in [0.5, 0.6) is 0 Å². The first-order valence-corrected chi connectivity index (χ1v) is 28.6. The Kier molecular flexibility index (Phi) is 11.8. The predicted molar refractivity (Wildman–Crippen MR) is 352 cm³/mol. The molecular formula is C78H53N5O. The van der Waals surface area contributed by atoms with Crippen molar-refractivity contribution in [1.82, 2.24) is 9.13 Å². The maximum absolute atomic E-state index is 6.54. The lowest BCUT2D eigenvalue weighted by Crippen LogP contribution is -2.13. The Morgan fingerprint density at radius 2 is 0.560 bits per heavy atom. The van der Waals surface area contributed by atoms with Crippen LogP contribution < -0.4 is 14.7 Å². The molecule has 16 rings (SSSR count). The molecule has 0 N–H and O–H groups in total. The molecule has 84 heavy (non-hydrogen) atoms. The molecule has 13 aromatic carbocycles. The van der Waals surface area contributed by atoms with Gasteiger partial charge in [0.2, 0.25) is 0 Å². The zero-order valence-corrected chi connectivity index (χ0v) is 45.7. The van der Waals surface area contributed by atoms with E-state index in [1.165, 1.54) is 32.6 Å². The van der Waals surface area contributed by atoms with Crippen LogP contribution in [0.15, 0.2) is 326 Å². The van der Waals surface area contributed by atoms with Crippen molar-refractivity contribution in [3.05, 3.63) is 322 Å². The average molecular weight is 1080 g/mol. The van der Waals surface area contributed by atoms with Crippen LogP contribution in [-0.2, 0) is 0 Å². The van der Waals surface area contributed by atoms with Crippen LogP contribution in [0.4, 0.5) is 51.2 Å². The number of nitrogens with zero attached hydrogens (tertiary/aromatic N) is 5. The highest BCUT2D eigenvalue weighted by Gasteiger charge is 2.22. The monoisotopic (exact) mass is 1080 g/mol. The van der Waals surface area contributed by atoms with Gasteiger partial charge in [0, 0.05) is 100 Å². The highest BCUT2D eigenvalue weighted by atomic mass is 16.3. The smallest absolute Gasteiger partial charge is 0.143 e. The topological polar surface area (TPSA) is 32.7 Å². The van der Waals surface area contributed by atoms with Crippen LogP contribution in [0.25, 0.3) is 88.1 Å². The molecular weight excluding hydrogens is 1020 g/mol. The fourth-order valence-corrected chi connectivity index (χ4v) is 12.7. The van der Waals surface area contributed by atoms with E-state index in [1.807, 2.05) is 12.1 Å². The van der Waals surface area contributed by atoms with E-state index in [4.69, 9.17) is 4.42 Å². The molecule has 0 atom stereocenters. The summed E-state index contributed by atoms with van der Waals surface area (Å²) < 4.78 is 11.3. The molecule has 0 fully saturated rings. The Morgan fingerprint density at radius 3 is 1.02 bits per heavy atom. The van der Waals surface area contributed by atoms with E-state index >= 15 is 0 Å². The highest BCUT2D eigenvalue weighted by molar-refractivity contribution is 6.13. The van der Waals surface area contributed by atoms with Crippen molar-refractivity contribution in [3.63, 3.8) is 0 Å². The van der Waals surface area contributed by atoms with Gasteiger partial charge in [-0.3, -0.25) is 0 Å². The van der Waals surface area contributed by atoms with Crippen LogP contribution in [0.2, 0.25) is 0 Å². The molecule has 396 valence electrons. The number of hydrogen-bond acceptors (Lipinski definition) is 4. The Labute approximate surface area is 486 Å². The molecule has 0 spiro atoms. The third-order valence-corrected chi connectivity index (χ3v) is 16.5. The van der Waals surface area contributed by atoms with Crippen molar-refractivity contribution in [2.75, 3.05) is 14.7 Å². The second kappa shape index (κ2) is 20.3. The van der Waals surface area contributed by atoms with E-state index in [0.29, 0.717) is 0 Å². The number of furan rings is 1. The van der Waals surface area contributed by atoms with Crippen molar-refractivity contribution < 1.29 is 4.42 Å². The average Bonchev–Trinajstić information content (AvgIpc) is 2.57. The summed E-state index contributed by atoms with van der Waals surface area (Å²) in [5, 5.41) is 7.04. The third kappa shape index (κ3) is 8.27. The fraction of sp³-hybridized carbons (Fsp3) is 0. The number of aromatic nitrogens is 2. The van der Waals surface area contributed by atoms with Gasteiger partial charge in [0.05, 0.1) is 22.1 Å². The molecule has 0 aliphatic rings. The Morgan fingerprint density at radius 1 is 0.226 bits per heavy atom. The summed E-state index contributed by atoms with van der Waals surface area (Å²) in [6.07, 6.45) is 0. The van der Waals surface area contributed by atoms with Crippen molar-refractivity contribution >= 4 is 117 Å². The van der Waals surface area contributed by atoms with Crippen molar-refractivity contribution in [1.29, 1.82) is 0 Å². The van der Waals surface area contributed by atoms with Crippen molar-refractivity contribution in [2.24, 2.45) is 0 Å². The van der Waals surface area contributed by atoms with Gasteiger partial charge in [-0.15, -0.1) is 0 Å². The van der Waals surface area contributed by atoms with Gasteiger partial charge >= 0.3 is 0 Å². The first-order chi connectivity index (χ1) is 41.7. The molecule has 0 amide bonds. The number of anilines is 9. The lowest BCUT2D eigenvalue weighted by molar-refractivity contribution is 0.670. The minimum atomic E-state index is 0.888. The van der Waals surface area contributed by atoms with Crippen LogP contribution in [0.3, 0.4) is 0 Å². The molecule has 6 nitrogen and oxygen atoms in total. The first kappa shape index (κ1) is 48.6. The van der Waals surface area contributed by atoms with E-state index in [1.54, 1.807) is 0 Å². The van der Waals surface area contributed by atoms with Gasteiger partial charge in [-0.2, -0.15) is 0 Å². The summed E-state index contributed by atoms with van der Waals surface area (Å²) in [5.41, 5.74) is 20.3. The quantitative estimate of drug-likeness (QED) is 0.122. The molecule has 0 saturated heterocycles. The van der Waals surface area contributed by atoms with Crippen LogP contribution in [0, 0.1) is 0 Å². The molecule has 16 aromatic rings. The SMILES string of the molecule is c1ccc(N(c2ccc(N(c3ccc(-c4cccc5c4oc4ccccc45)cc3)c3ccc(N(c4ccccc4)c4ccc5c(c4)c4ccccc4n5-c4ccccc4)cc3)cc2)c2ccc3c(c2)c2ccccc2n3-c2ccccc2)cc1. The lowest BCUT2D eigenvalue weighted by atomic mass is 10.0. The zero-order valence-electron chi connectivity index (χ0n) is 45.7. The molecule has 0 aliphatic heterocycles. The molecule has 0 saturated carbocycles. The molecule has 3 aromatic heterocycles. The first-order valence-electron chi connectivity index (χ1n) is 28.6. The third-order valence-electron chi connectivity index (χ3n) is 16.5. The van der Waals surface area contributed by atoms with Crippen LogP contribution >= 0.6 is 0 Å². The maximum Gasteiger partial charge on any atom is 0.143 e. The van der Waals surface area contributed by atoms with Gasteiger partial charge in [0.15, 0.2) is 0 Å². The van der Waals surface area contributed by atoms with E-state index in [9.17, 15) is 0 Å². The lowest BCUT2D eigenvalue weighted by Gasteiger charge is -2.29. The summed E-state index contributed by atoms with van der Waals surface area (Å²) in [6.45, 7) is 0. The summed E-state index contributed by atoms with van der Waals surface area (Å²) in [6, 6.07) is 115. The number of rotatable bonds is 12. The molecule has 6 heteroatoms. The largest absolute Gasteiger partial charge is 0.455 e. The van der Waals surface area contributed by atoms with Gasteiger partial charge in [0.1, 0.15) is 11.2 Å². The van der Waals surface area contributed by atoms with E-state index in [2.05, 4.69) is 333 Å². The second-order valence-electron chi connectivity index (χ2n) is 21.3. The second-order valence-corrected chi connectivity index (χ2v) is 21.3. The Bertz CT molecular complexity index is 4810. The van der Waals surface area contributed by atoms with Crippen molar-refractivity contribution in [3.8, 4) is 22.5 Å². The van der Waals surface area contributed by atoms with Gasteiger partial charge in [0.25, 0.3) is 0 Å². The van der Waals surface area contributed by atoms with Gasteiger partial charge in [-0.1, -0.05) is 158 Å². The van der Waals surface area contributed by atoms with E-state index in [0.717, 1.165) is 107 Å². The summed E-state index contributed by atoms with van der Waals surface area (Å²) in [4.78, 5) is 7.08. The summed E-state index contributed by atoms with van der Waals surface area (Å²) in [5.74, 6) is 0. The Hall–Kier alpha value is -11.3.